The maximum Gasteiger partial charge on any atom is 0.316 e. The van der Waals surface area contributed by atoms with Crippen LogP contribution in [-0.4, -0.2) is 36.3 Å². The van der Waals surface area contributed by atoms with E-state index in [0.717, 1.165) is 25.3 Å². The third kappa shape index (κ3) is 5.52. The highest BCUT2D eigenvalue weighted by molar-refractivity contribution is 6.76. The first-order chi connectivity index (χ1) is 11.8. The zero-order chi connectivity index (χ0) is 18.4. The van der Waals surface area contributed by atoms with E-state index in [2.05, 4.69) is 31.5 Å². The number of imide groups is 1. The molecule has 1 aromatic carbocycles. The zero-order valence-corrected chi connectivity index (χ0v) is 16.7. The molecule has 1 heterocycles. The molecule has 5 nitrogen and oxygen atoms in total. The van der Waals surface area contributed by atoms with Gasteiger partial charge in [-0.3, -0.25) is 14.5 Å². The number of hydrogen-bond donors (Lipinski definition) is 0. The number of fused-ring (bicyclic) bond motifs is 1. The first-order valence-electron chi connectivity index (χ1n) is 9.02. The van der Waals surface area contributed by atoms with E-state index in [9.17, 15) is 9.59 Å². The molecule has 2 aromatic rings. The van der Waals surface area contributed by atoms with E-state index in [1.807, 2.05) is 12.1 Å². The molecule has 0 fully saturated rings. The molecule has 0 radical (unpaired) electrons. The van der Waals surface area contributed by atoms with Gasteiger partial charge in [-0.2, -0.15) is 0 Å². The normalized spacial score (nSPS) is 11.7. The summed E-state index contributed by atoms with van der Waals surface area (Å²) in [5.41, 5.74) is 1.20. The highest BCUT2D eigenvalue weighted by atomic mass is 28.3. The monoisotopic (exact) mass is 360 g/mol. The predicted molar refractivity (Wildman–Crippen MR) is 102 cm³/mol. The van der Waals surface area contributed by atoms with E-state index in [1.165, 1.54) is 4.90 Å². The molecule has 0 saturated carbocycles. The van der Waals surface area contributed by atoms with Crippen LogP contribution in [0.4, 0.5) is 0 Å². The van der Waals surface area contributed by atoms with E-state index in [0.29, 0.717) is 24.1 Å². The standard InChI is InChI=1S/C19H28N2O3Si/c1-5-6-9-13-21(17(22)12-14-25(2,3)4)19(23)18-20-15-10-7-8-11-16(15)24-18/h7-8,10-11H,5-6,9,12-14H2,1-4H3. The quantitative estimate of drug-likeness (QED) is 0.505. The fourth-order valence-corrected chi connectivity index (χ4v) is 3.52. The van der Waals surface area contributed by atoms with Crippen molar-refractivity contribution in [3.8, 4) is 0 Å². The number of oxazole rings is 1. The van der Waals surface area contributed by atoms with Gasteiger partial charge in [-0.15, -0.1) is 0 Å². The summed E-state index contributed by atoms with van der Waals surface area (Å²) in [6.45, 7) is 9.20. The van der Waals surface area contributed by atoms with E-state index in [4.69, 9.17) is 4.42 Å². The van der Waals surface area contributed by atoms with Crippen LogP contribution < -0.4 is 0 Å². The number of carbonyl (C=O) groups is 2. The Morgan fingerprint density at radius 3 is 2.52 bits per heavy atom. The highest BCUT2D eigenvalue weighted by Gasteiger charge is 2.27. The molecule has 0 aliphatic heterocycles. The van der Waals surface area contributed by atoms with Gasteiger partial charge in [0.2, 0.25) is 5.91 Å². The molecule has 0 bridgehead atoms. The minimum atomic E-state index is -1.34. The molecular formula is C19H28N2O3Si. The third-order valence-corrected chi connectivity index (χ3v) is 5.85. The maximum atomic E-state index is 12.8. The van der Waals surface area contributed by atoms with Crippen molar-refractivity contribution in [2.75, 3.05) is 6.54 Å². The number of benzene rings is 1. The average Bonchev–Trinajstić information content (AvgIpc) is 2.99. The van der Waals surface area contributed by atoms with Crippen molar-refractivity contribution >= 4 is 31.0 Å². The molecule has 0 aliphatic carbocycles. The number of aromatic nitrogens is 1. The summed E-state index contributed by atoms with van der Waals surface area (Å²) in [4.78, 5) is 31.1. The Bertz CT molecular complexity index is 701. The smallest absolute Gasteiger partial charge is 0.316 e. The van der Waals surface area contributed by atoms with Crippen LogP contribution in [0.25, 0.3) is 11.1 Å². The van der Waals surface area contributed by atoms with Crippen molar-refractivity contribution in [2.24, 2.45) is 0 Å². The molecule has 6 heteroatoms. The van der Waals surface area contributed by atoms with Crippen LogP contribution in [0.1, 0.15) is 43.3 Å². The fraction of sp³-hybridized carbons (Fsp3) is 0.526. The molecule has 1 aromatic heterocycles. The average molecular weight is 361 g/mol. The molecule has 136 valence electrons. The first kappa shape index (κ1) is 19.4. The first-order valence-corrected chi connectivity index (χ1v) is 12.7. The molecule has 0 N–H and O–H groups in total. The Labute approximate surface area is 150 Å². The van der Waals surface area contributed by atoms with Gasteiger partial charge in [-0.1, -0.05) is 51.5 Å². The van der Waals surface area contributed by atoms with Gasteiger partial charge in [0, 0.05) is 21.0 Å². The Balaban J connectivity index is 2.17. The Morgan fingerprint density at radius 2 is 1.88 bits per heavy atom. The summed E-state index contributed by atoms with van der Waals surface area (Å²) in [5, 5.41) is 0. The van der Waals surface area contributed by atoms with Crippen LogP contribution in [-0.2, 0) is 4.79 Å². The molecule has 25 heavy (non-hydrogen) atoms. The predicted octanol–water partition coefficient (Wildman–Crippen LogP) is 4.72. The molecule has 2 amide bonds. The van der Waals surface area contributed by atoms with Crippen LogP contribution in [0.3, 0.4) is 0 Å². The SMILES string of the molecule is CCCCCN(C(=O)CC[Si](C)(C)C)C(=O)c1nc2ccccc2o1. The van der Waals surface area contributed by atoms with Crippen LogP contribution >= 0.6 is 0 Å². The number of carbonyl (C=O) groups excluding carboxylic acids is 2. The summed E-state index contributed by atoms with van der Waals surface area (Å²) in [6, 6.07) is 8.12. The maximum absolute atomic E-state index is 12.8. The lowest BCUT2D eigenvalue weighted by Gasteiger charge is -2.21. The lowest BCUT2D eigenvalue weighted by atomic mass is 10.2. The summed E-state index contributed by atoms with van der Waals surface area (Å²) >= 11 is 0. The number of amides is 2. The molecule has 0 aliphatic rings. The molecular weight excluding hydrogens is 332 g/mol. The van der Waals surface area contributed by atoms with Gasteiger partial charge < -0.3 is 4.42 Å². The second kappa shape index (κ2) is 8.42. The van der Waals surface area contributed by atoms with Gasteiger partial charge in [-0.05, 0) is 24.6 Å². The van der Waals surface area contributed by atoms with Crippen LogP contribution in [0.15, 0.2) is 28.7 Å². The summed E-state index contributed by atoms with van der Waals surface area (Å²) < 4.78 is 5.57. The lowest BCUT2D eigenvalue weighted by Crippen LogP contribution is -2.38. The minimum Gasteiger partial charge on any atom is -0.432 e. The van der Waals surface area contributed by atoms with Crippen molar-refractivity contribution in [1.82, 2.24) is 9.88 Å². The second-order valence-electron chi connectivity index (χ2n) is 7.61. The summed E-state index contributed by atoms with van der Waals surface area (Å²) in [5.74, 6) is -0.544. The largest absolute Gasteiger partial charge is 0.432 e. The molecule has 0 unspecified atom stereocenters. The number of hydrogen-bond acceptors (Lipinski definition) is 4. The van der Waals surface area contributed by atoms with Crippen molar-refractivity contribution in [3.63, 3.8) is 0 Å². The molecule has 2 rings (SSSR count). The van der Waals surface area contributed by atoms with Crippen molar-refractivity contribution < 1.29 is 14.0 Å². The van der Waals surface area contributed by atoms with Gasteiger partial charge in [0.05, 0.1) is 0 Å². The van der Waals surface area contributed by atoms with Crippen LogP contribution in [0.2, 0.25) is 25.7 Å². The molecule has 0 atom stereocenters. The van der Waals surface area contributed by atoms with Gasteiger partial charge in [0.15, 0.2) is 5.58 Å². The van der Waals surface area contributed by atoms with E-state index in [1.54, 1.807) is 12.1 Å². The number of para-hydroxylation sites is 2. The lowest BCUT2D eigenvalue weighted by molar-refractivity contribution is -0.128. The number of nitrogens with zero attached hydrogens (tertiary/aromatic N) is 2. The van der Waals surface area contributed by atoms with E-state index < -0.39 is 14.0 Å². The zero-order valence-electron chi connectivity index (χ0n) is 15.7. The fourth-order valence-electron chi connectivity index (χ4n) is 2.56. The molecule has 0 spiro atoms. The number of unbranched alkanes of at least 4 members (excludes halogenated alkanes) is 2. The van der Waals surface area contributed by atoms with Crippen molar-refractivity contribution in [3.05, 3.63) is 30.2 Å². The Kier molecular flexibility index (Phi) is 6.53. The Morgan fingerprint density at radius 1 is 1.16 bits per heavy atom. The third-order valence-electron chi connectivity index (χ3n) is 4.10. The van der Waals surface area contributed by atoms with Crippen molar-refractivity contribution in [2.45, 2.75) is 58.3 Å². The highest BCUT2D eigenvalue weighted by Crippen LogP contribution is 2.18. The van der Waals surface area contributed by atoms with Gasteiger partial charge in [-0.25, -0.2) is 4.98 Å². The summed E-state index contributed by atoms with van der Waals surface area (Å²) in [6.07, 6.45) is 3.24. The van der Waals surface area contributed by atoms with Gasteiger partial charge >= 0.3 is 5.91 Å². The Hall–Kier alpha value is -1.95. The molecule has 0 saturated heterocycles. The topological polar surface area (TPSA) is 63.4 Å². The van der Waals surface area contributed by atoms with Crippen LogP contribution in [0, 0.1) is 0 Å². The minimum absolute atomic E-state index is 0.000878. The number of rotatable bonds is 8. The van der Waals surface area contributed by atoms with Gasteiger partial charge in [0.1, 0.15) is 5.52 Å². The van der Waals surface area contributed by atoms with Crippen molar-refractivity contribution in [1.29, 1.82) is 0 Å². The summed E-state index contributed by atoms with van der Waals surface area (Å²) in [7, 11) is -1.34. The van der Waals surface area contributed by atoms with E-state index >= 15 is 0 Å². The van der Waals surface area contributed by atoms with Gasteiger partial charge in [0.25, 0.3) is 5.89 Å². The van der Waals surface area contributed by atoms with Crippen LogP contribution in [0.5, 0.6) is 0 Å². The van der Waals surface area contributed by atoms with E-state index in [-0.39, 0.29) is 11.8 Å². The second-order valence-corrected chi connectivity index (χ2v) is 13.2.